The minimum absolute atomic E-state index is 0.0639. The van der Waals surface area contributed by atoms with Crippen LogP contribution in [0.5, 0.6) is 0 Å². The Labute approximate surface area is 365 Å². The monoisotopic (exact) mass is 858 g/mol. The van der Waals surface area contributed by atoms with Crippen LogP contribution in [0, 0.1) is 11.8 Å². The first-order valence-corrected chi connectivity index (χ1v) is 25.4. The summed E-state index contributed by atoms with van der Waals surface area (Å²) in [7, 11) is 0.727. The van der Waals surface area contributed by atoms with Gasteiger partial charge < -0.3 is 19.7 Å². The summed E-state index contributed by atoms with van der Waals surface area (Å²) in [6.07, 6.45) is 5.67. The number of pyridine rings is 1. The Morgan fingerprint density at radius 1 is 1.00 bits per heavy atom. The van der Waals surface area contributed by atoms with Crippen LogP contribution in [0.25, 0.3) is 10.9 Å². The van der Waals surface area contributed by atoms with Crippen LogP contribution in [0.4, 0.5) is 10.6 Å². The van der Waals surface area contributed by atoms with Crippen molar-refractivity contribution in [1.29, 1.82) is 0 Å². The second-order valence-corrected chi connectivity index (χ2v) is 24.4. The number of rotatable bonds is 12. The Hall–Kier alpha value is -5.62. The quantitative estimate of drug-likeness (QED) is 0.0649. The van der Waals surface area contributed by atoms with Crippen molar-refractivity contribution in [3.63, 3.8) is 0 Å². The SMILES string of the molecule is CN1CCC[C@@H]1c1cc2cnc(NC(=O)c3cccc(CCCC#Cc4cccc5c4CN(C4CCC(=O)N(COCC[Si](C)(C)C)C4=O)C5=O)c3)cc2n1C(=O)OC(C)(C)C. The highest BCUT2D eigenvalue weighted by Crippen LogP contribution is 2.36. The molecule has 4 aromatic rings. The first-order valence-electron chi connectivity index (χ1n) is 21.7. The van der Waals surface area contributed by atoms with E-state index < -0.39 is 31.7 Å². The van der Waals surface area contributed by atoms with Crippen LogP contribution >= 0.6 is 0 Å². The highest BCUT2D eigenvalue weighted by molar-refractivity contribution is 6.76. The van der Waals surface area contributed by atoms with Gasteiger partial charge in [-0.15, -0.1) is 0 Å². The average Bonchev–Trinajstić information content (AvgIpc) is 3.91. The van der Waals surface area contributed by atoms with Crippen LogP contribution < -0.4 is 5.32 Å². The van der Waals surface area contributed by atoms with Crippen molar-refractivity contribution in [1.82, 2.24) is 24.3 Å². The van der Waals surface area contributed by atoms with E-state index in [4.69, 9.17) is 9.47 Å². The fraction of sp³-hybridized carbons (Fsp3) is 0.458. The first-order chi connectivity index (χ1) is 29.5. The maximum Gasteiger partial charge on any atom is 0.419 e. The van der Waals surface area contributed by atoms with Crippen molar-refractivity contribution >= 4 is 54.5 Å². The molecule has 0 saturated carbocycles. The van der Waals surface area contributed by atoms with Crippen LogP contribution in [-0.2, 0) is 32.0 Å². The zero-order valence-corrected chi connectivity index (χ0v) is 38.0. The van der Waals surface area contributed by atoms with E-state index in [1.807, 2.05) is 57.2 Å². The van der Waals surface area contributed by atoms with Crippen LogP contribution in [0.15, 0.2) is 60.8 Å². The fourth-order valence-corrected chi connectivity index (χ4v) is 9.09. The molecule has 2 aromatic carbocycles. The Balaban J connectivity index is 0.963. The third-order valence-electron chi connectivity index (χ3n) is 11.6. The lowest BCUT2D eigenvalue weighted by molar-refractivity contribution is -0.158. The van der Waals surface area contributed by atoms with Crippen molar-refractivity contribution in [2.24, 2.45) is 0 Å². The molecule has 0 aliphatic carbocycles. The van der Waals surface area contributed by atoms with Gasteiger partial charge >= 0.3 is 6.09 Å². The summed E-state index contributed by atoms with van der Waals surface area (Å²) in [5, 5.41) is 3.72. The van der Waals surface area contributed by atoms with E-state index in [2.05, 4.69) is 53.7 Å². The van der Waals surface area contributed by atoms with Crippen molar-refractivity contribution in [2.75, 3.05) is 32.2 Å². The number of nitrogens with zero attached hydrogens (tertiary/aromatic N) is 5. The van der Waals surface area contributed by atoms with Crippen LogP contribution in [0.3, 0.4) is 0 Å². The second kappa shape index (κ2) is 18.4. The third-order valence-corrected chi connectivity index (χ3v) is 13.4. The Bertz CT molecular complexity index is 2450. The number of nitrogens with one attached hydrogen (secondary N) is 1. The summed E-state index contributed by atoms with van der Waals surface area (Å²) in [6, 6.07) is 16.9. The molecule has 2 fully saturated rings. The standard InChI is InChI=1S/C48H58N6O7Si/c1-48(2,3)61-47(59)54-40-28-42(49-29-35(40)27-41(54)38-20-13-23-51(38)4)50-44(56)34-18-11-15-32(26-34)14-9-8-10-16-33-17-12-19-36-37(33)30-52(45(36)57)39-21-22-43(55)53(46(39)58)31-60-24-25-62(5,6)7/h11-12,15,17-19,26-29,38-39H,8-9,13-14,20-25,30-31H2,1-7H3,(H,49,50,56)/t38-,39?/m1/s1. The number of aryl methyl sites for hydroxylation is 1. The highest BCUT2D eigenvalue weighted by Gasteiger charge is 2.43. The van der Waals surface area contributed by atoms with Gasteiger partial charge in [0.15, 0.2) is 0 Å². The Kier molecular flexibility index (Phi) is 13.2. The molecule has 326 valence electrons. The Morgan fingerprint density at radius 3 is 2.53 bits per heavy atom. The first kappa shape index (κ1) is 44.4. The number of fused-ring (bicyclic) bond motifs is 2. The number of amides is 4. The second-order valence-electron chi connectivity index (χ2n) is 18.8. The van der Waals surface area contributed by atoms with Crippen molar-refractivity contribution in [2.45, 2.75) is 116 Å². The van der Waals surface area contributed by atoms with Gasteiger partial charge in [0.1, 0.15) is 24.2 Å². The maximum atomic E-state index is 13.6. The molecule has 4 amide bonds. The summed E-state index contributed by atoms with van der Waals surface area (Å²) in [5.41, 5.74) is 4.32. The van der Waals surface area contributed by atoms with Gasteiger partial charge in [-0.05, 0) is 114 Å². The number of carbonyl (C=O) groups is 5. The molecule has 14 heteroatoms. The van der Waals surface area contributed by atoms with E-state index in [-0.39, 0.29) is 49.9 Å². The van der Waals surface area contributed by atoms with Crippen LogP contribution in [-0.4, -0.2) is 101 Å². The smallest absolute Gasteiger partial charge is 0.419 e. The number of benzene rings is 2. The fourth-order valence-electron chi connectivity index (χ4n) is 8.33. The number of likely N-dealkylation sites (tertiary alicyclic amines) is 2. The number of hydrogen-bond donors (Lipinski definition) is 1. The summed E-state index contributed by atoms with van der Waals surface area (Å²) >= 11 is 0. The number of unbranched alkanes of at least 4 members (excludes halogenated alkanes) is 1. The molecule has 2 saturated heterocycles. The summed E-state index contributed by atoms with van der Waals surface area (Å²) < 4.78 is 13.2. The van der Waals surface area contributed by atoms with E-state index in [9.17, 15) is 24.0 Å². The molecular formula is C48H58N6O7Si. The summed E-state index contributed by atoms with van der Waals surface area (Å²) in [5.74, 6) is 5.64. The molecule has 13 nitrogen and oxygen atoms in total. The molecule has 2 atom stereocenters. The van der Waals surface area contributed by atoms with Crippen molar-refractivity contribution in [3.8, 4) is 11.8 Å². The zero-order chi connectivity index (χ0) is 44.3. The predicted molar refractivity (Wildman–Crippen MR) is 240 cm³/mol. The van der Waals surface area contributed by atoms with Gasteiger partial charge in [-0.25, -0.2) is 14.3 Å². The molecule has 1 N–H and O–H groups in total. The van der Waals surface area contributed by atoms with E-state index in [0.717, 1.165) is 64.5 Å². The summed E-state index contributed by atoms with van der Waals surface area (Å²) in [6.45, 7) is 13.8. The van der Waals surface area contributed by atoms with E-state index >= 15 is 0 Å². The average molecular weight is 859 g/mol. The molecule has 0 radical (unpaired) electrons. The van der Waals surface area contributed by atoms with Gasteiger partial charge in [0.25, 0.3) is 17.7 Å². The molecule has 0 bridgehead atoms. The van der Waals surface area contributed by atoms with E-state index in [0.29, 0.717) is 41.9 Å². The number of piperidine rings is 1. The van der Waals surface area contributed by atoms with Crippen molar-refractivity contribution in [3.05, 3.63) is 94.3 Å². The molecule has 7 rings (SSSR count). The van der Waals surface area contributed by atoms with Gasteiger partial charge in [-0.3, -0.25) is 29.0 Å². The van der Waals surface area contributed by atoms with Gasteiger partial charge in [0, 0.05) is 74.1 Å². The van der Waals surface area contributed by atoms with E-state index in [1.165, 1.54) is 0 Å². The topological polar surface area (TPSA) is 143 Å². The van der Waals surface area contributed by atoms with E-state index in [1.54, 1.807) is 33.9 Å². The lowest BCUT2D eigenvalue weighted by Gasteiger charge is -2.35. The van der Waals surface area contributed by atoms with Gasteiger partial charge in [0.2, 0.25) is 5.91 Å². The normalized spacial score (nSPS) is 18.3. The van der Waals surface area contributed by atoms with Gasteiger partial charge in [-0.1, -0.05) is 49.7 Å². The number of imide groups is 1. The molecule has 1 unspecified atom stereocenters. The Morgan fingerprint density at radius 2 is 1.79 bits per heavy atom. The maximum absolute atomic E-state index is 13.6. The van der Waals surface area contributed by atoms with Gasteiger partial charge in [0.05, 0.1) is 11.6 Å². The number of hydrogen-bond acceptors (Lipinski definition) is 9. The molecule has 62 heavy (non-hydrogen) atoms. The highest BCUT2D eigenvalue weighted by atomic mass is 28.3. The zero-order valence-electron chi connectivity index (χ0n) is 37.0. The molecule has 0 spiro atoms. The van der Waals surface area contributed by atoms with Crippen molar-refractivity contribution < 1.29 is 33.4 Å². The molecular weight excluding hydrogens is 801 g/mol. The molecule has 5 heterocycles. The summed E-state index contributed by atoms with van der Waals surface area (Å²) in [4.78, 5) is 76.4. The predicted octanol–water partition coefficient (Wildman–Crippen LogP) is 8.00. The molecule has 3 aliphatic rings. The lowest BCUT2D eigenvalue weighted by atomic mass is 10.0. The minimum Gasteiger partial charge on any atom is -0.443 e. The number of carbonyl (C=O) groups excluding carboxylic acids is 5. The number of aromatic nitrogens is 2. The molecule has 3 aliphatic heterocycles. The minimum atomic E-state index is -1.33. The van der Waals surface area contributed by atoms with Crippen LogP contribution in [0.2, 0.25) is 25.7 Å². The largest absolute Gasteiger partial charge is 0.443 e. The number of ether oxygens (including phenoxy) is 2. The third kappa shape index (κ3) is 10.2. The van der Waals surface area contributed by atoms with Crippen LogP contribution in [0.1, 0.15) is 108 Å². The van der Waals surface area contributed by atoms with Gasteiger partial charge in [-0.2, -0.15) is 0 Å². The number of anilines is 1. The molecule has 2 aromatic heterocycles. The lowest BCUT2D eigenvalue weighted by Crippen LogP contribution is -2.55.